The second-order valence-electron chi connectivity index (χ2n) is 3.87. The number of nitrogens with two attached hydrogens (primary N) is 1. The van der Waals surface area contributed by atoms with Gasteiger partial charge in [0, 0.05) is 18.8 Å². The van der Waals surface area contributed by atoms with Crippen molar-refractivity contribution >= 4 is 34.2 Å². The maximum atomic E-state index is 11.8. The molecule has 0 spiro atoms. The Kier molecular flexibility index (Phi) is 4.26. The van der Waals surface area contributed by atoms with Crippen LogP contribution in [0.4, 0.5) is 5.69 Å². The average molecular weight is 368 g/mol. The van der Waals surface area contributed by atoms with E-state index < -0.39 is 0 Å². The summed E-state index contributed by atoms with van der Waals surface area (Å²) in [5, 5.41) is 2.58. The highest BCUT2D eigenvalue weighted by Crippen LogP contribution is 2.30. The average Bonchev–Trinajstić information content (AvgIpc) is 2.41. The molecule has 1 amide bonds. The molecule has 98 valence electrons. The minimum absolute atomic E-state index is 0.207. The first-order chi connectivity index (χ1) is 9.11. The molecule has 0 aromatic heterocycles. The van der Waals surface area contributed by atoms with Gasteiger partial charge in [0.2, 0.25) is 0 Å². The van der Waals surface area contributed by atoms with Gasteiger partial charge in [-0.25, -0.2) is 0 Å². The van der Waals surface area contributed by atoms with Gasteiger partial charge in [-0.2, -0.15) is 0 Å². The number of carbonyl (C=O) groups excluding carboxylic acids is 1. The summed E-state index contributed by atoms with van der Waals surface area (Å²) >= 11 is 2.18. The van der Waals surface area contributed by atoms with Crippen molar-refractivity contribution in [2.75, 3.05) is 12.8 Å². The summed E-state index contributed by atoms with van der Waals surface area (Å²) in [7, 11) is 1.58. The van der Waals surface area contributed by atoms with Crippen molar-refractivity contribution in [1.82, 2.24) is 5.32 Å². The van der Waals surface area contributed by atoms with Gasteiger partial charge >= 0.3 is 0 Å². The fourth-order valence-corrected chi connectivity index (χ4v) is 2.09. The zero-order valence-corrected chi connectivity index (χ0v) is 12.5. The maximum Gasteiger partial charge on any atom is 0.254 e. The molecule has 0 aliphatic heterocycles. The number of amides is 1. The summed E-state index contributed by atoms with van der Waals surface area (Å²) in [6, 6.07) is 12.6. The van der Waals surface area contributed by atoms with E-state index in [-0.39, 0.29) is 5.91 Å². The van der Waals surface area contributed by atoms with Crippen LogP contribution >= 0.6 is 22.6 Å². The third-order valence-corrected chi connectivity index (χ3v) is 3.43. The topological polar surface area (TPSA) is 64.4 Å². The van der Waals surface area contributed by atoms with E-state index in [2.05, 4.69) is 27.9 Å². The molecule has 0 bridgehead atoms. The first-order valence-electron chi connectivity index (χ1n) is 5.66. The first-order valence-corrected chi connectivity index (χ1v) is 6.73. The van der Waals surface area contributed by atoms with E-state index in [4.69, 9.17) is 10.5 Å². The molecule has 0 unspecified atom stereocenters. The summed E-state index contributed by atoms with van der Waals surface area (Å²) in [5.41, 5.74) is 6.75. The molecule has 5 heteroatoms. The van der Waals surface area contributed by atoms with Crippen LogP contribution in [0.2, 0.25) is 0 Å². The summed E-state index contributed by atoms with van der Waals surface area (Å²) < 4.78 is 6.76. The fourth-order valence-electron chi connectivity index (χ4n) is 1.59. The highest BCUT2D eigenvalue weighted by molar-refractivity contribution is 14.1. The lowest BCUT2D eigenvalue weighted by molar-refractivity contribution is 0.0961. The minimum Gasteiger partial charge on any atom is -0.455 e. The van der Waals surface area contributed by atoms with Crippen molar-refractivity contribution in [2.45, 2.75) is 0 Å². The van der Waals surface area contributed by atoms with Crippen LogP contribution in [0.1, 0.15) is 10.4 Å². The third-order valence-electron chi connectivity index (χ3n) is 2.53. The Labute approximate surface area is 125 Å². The van der Waals surface area contributed by atoms with Gasteiger partial charge in [-0.1, -0.05) is 12.1 Å². The van der Waals surface area contributed by atoms with Crippen LogP contribution in [-0.2, 0) is 0 Å². The van der Waals surface area contributed by atoms with E-state index in [1.165, 1.54) is 0 Å². The number of ether oxygens (including phenoxy) is 1. The number of halogens is 1. The molecule has 0 heterocycles. The standard InChI is InChI=1S/C14H13IN2O2/c1-17-14(18)10-7-6-9(16)8-13(10)19-12-5-3-2-4-11(12)15/h2-8H,16H2,1H3,(H,17,18). The van der Waals surface area contributed by atoms with Gasteiger partial charge in [0.05, 0.1) is 9.13 Å². The van der Waals surface area contributed by atoms with E-state index in [9.17, 15) is 4.79 Å². The number of benzene rings is 2. The van der Waals surface area contributed by atoms with Crippen molar-refractivity contribution < 1.29 is 9.53 Å². The Hall–Kier alpha value is -1.76. The second-order valence-corrected chi connectivity index (χ2v) is 5.03. The Bertz CT molecular complexity index is 614. The van der Waals surface area contributed by atoms with E-state index in [0.29, 0.717) is 22.7 Å². The summed E-state index contributed by atoms with van der Waals surface area (Å²) in [5.74, 6) is 0.934. The molecule has 0 aliphatic carbocycles. The minimum atomic E-state index is -0.207. The van der Waals surface area contributed by atoms with Crippen molar-refractivity contribution in [2.24, 2.45) is 0 Å². The summed E-state index contributed by atoms with van der Waals surface area (Å²) in [6.45, 7) is 0. The molecule has 0 saturated carbocycles. The van der Waals surface area contributed by atoms with Crippen LogP contribution in [0.15, 0.2) is 42.5 Å². The number of rotatable bonds is 3. The Morgan fingerprint density at radius 1 is 1.21 bits per heavy atom. The Balaban J connectivity index is 2.41. The second kappa shape index (κ2) is 5.92. The quantitative estimate of drug-likeness (QED) is 0.647. The van der Waals surface area contributed by atoms with Crippen molar-refractivity contribution in [3.05, 3.63) is 51.6 Å². The molecule has 0 fully saturated rings. The predicted octanol–water partition coefficient (Wildman–Crippen LogP) is 3.03. The number of hydrogen-bond acceptors (Lipinski definition) is 3. The number of nitrogen functional groups attached to an aromatic ring is 1. The molecule has 0 saturated heterocycles. The molecule has 0 atom stereocenters. The molecule has 0 aliphatic rings. The summed E-state index contributed by atoms with van der Waals surface area (Å²) in [4.78, 5) is 11.8. The molecule has 2 aromatic rings. The molecular weight excluding hydrogens is 355 g/mol. The lowest BCUT2D eigenvalue weighted by Crippen LogP contribution is -2.18. The normalized spacial score (nSPS) is 10.0. The molecule has 0 radical (unpaired) electrons. The van der Waals surface area contributed by atoms with E-state index in [1.807, 2.05) is 24.3 Å². The SMILES string of the molecule is CNC(=O)c1ccc(N)cc1Oc1ccccc1I. The van der Waals surface area contributed by atoms with E-state index >= 15 is 0 Å². The summed E-state index contributed by atoms with van der Waals surface area (Å²) in [6.07, 6.45) is 0. The van der Waals surface area contributed by atoms with Crippen LogP contribution in [0, 0.1) is 3.57 Å². The predicted molar refractivity (Wildman–Crippen MR) is 83.5 cm³/mol. The lowest BCUT2D eigenvalue weighted by atomic mass is 10.1. The number of anilines is 1. The van der Waals surface area contributed by atoms with Crippen LogP contribution in [0.25, 0.3) is 0 Å². The number of carbonyl (C=O) groups is 1. The van der Waals surface area contributed by atoms with Gasteiger partial charge in [0.1, 0.15) is 11.5 Å². The van der Waals surface area contributed by atoms with Gasteiger partial charge < -0.3 is 15.8 Å². The lowest BCUT2D eigenvalue weighted by Gasteiger charge is -2.12. The zero-order valence-electron chi connectivity index (χ0n) is 10.3. The van der Waals surface area contributed by atoms with Crippen molar-refractivity contribution in [3.63, 3.8) is 0 Å². The molecule has 3 N–H and O–H groups in total. The molecule has 19 heavy (non-hydrogen) atoms. The van der Waals surface area contributed by atoms with Crippen LogP contribution < -0.4 is 15.8 Å². The molecule has 2 aromatic carbocycles. The number of para-hydroxylation sites is 1. The van der Waals surface area contributed by atoms with E-state index in [0.717, 1.165) is 3.57 Å². The third kappa shape index (κ3) is 3.17. The van der Waals surface area contributed by atoms with Crippen LogP contribution in [0.5, 0.6) is 11.5 Å². The monoisotopic (exact) mass is 368 g/mol. The van der Waals surface area contributed by atoms with Gasteiger partial charge in [-0.15, -0.1) is 0 Å². The highest BCUT2D eigenvalue weighted by atomic mass is 127. The number of hydrogen-bond donors (Lipinski definition) is 2. The number of nitrogens with one attached hydrogen (secondary N) is 1. The Morgan fingerprint density at radius 2 is 1.95 bits per heavy atom. The van der Waals surface area contributed by atoms with Crippen molar-refractivity contribution in [1.29, 1.82) is 0 Å². The Morgan fingerprint density at radius 3 is 2.63 bits per heavy atom. The van der Waals surface area contributed by atoms with Gasteiger partial charge in [0.25, 0.3) is 5.91 Å². The molecule has 2 rings (SSSR count). The maximum absolute atomic E-state index is 11.8. The largest absolute Gasteiger partial charge is 0.455 e. The molecule has 4 nitrogen and oxygen atoms in total. The fraction of sp³-hybridized carbons (Fsp3) is 0.0714. The van der Waals surface area contributed by atoms with E-state index in [1.54, 1.807) is 25.2 Å². The smallest absolute Gasteiger partial charge is 0.254 e. The zero-order chi connectivity index (χ0) is 13.8. The first kappa shape index (κ1) is 13.7. The van der Waals surface area contributed by atoms with Gasteiger partial charge in [-0.05, 0) is 46.9 Å². The van der Waals surface area contributed by atoms with Crippen molar-refractivity contribution in [3.8, 4) is 11.5 Å². The highest BCUT2D eigenvalue weighted by Gasteiger charge is 2.13. The van der Waals surface area contributed by atoms with Crippen LogP contribution in [-0.4, -0.2) is 13.0 Å². The molecular formula is C14H13IN2O2. The van der Waals surface area contributed by atoms with Gasteiger partial charge in [0.15, 0.2) is 0 Å². The van der Waals surface area contributed by atoms with Crippen LogP contribution in [0.3, 0.4) is 0 Å². The van der Waals surface area contributed by atoms with Gasteiger partial charge in [-0.3, -0.25) is 4.79 Å².